The lowest BCUT2D eigenvalue weighted by molar-refractivity contribution is -0.111. The summed E-state index contributed by atoms with van der Waals surface area (Å²) < 4.78 is 35.2. The predicted octanol–water partition coefficient (Wildman–Crippen LogP) is 5.45. The van der Waals surface area contributed by atoms with E-state index in [0.717, 1.165) is 16.0 Å². The summed E-state index contributed by atoms with van der Waals surface area (Å²) in [5.41, 5.74) is 2.51. The molecule has 1 N–H and O–H groups in total. The number of hydrogen-bond acceptors (Lipinski definition) is 5. The van der Waals surface area contributed by atoms with Crippen molar-refractivity contribution in [2.45, 2.75) is 13.5 Å². The summed E-state index contributed by atoms with van der Waals surface area (Å²) in [6, 6.07) is 15.8. The van der Waals surface area contributed by atoms with Crippen molar-refractivity contribution in [3.8, 4) is 16.2 Å². The Balaban J connectivity index is 1.63. The number of halogens is 2. The van der Waals surface area contributed by atoms with Gasteiger partial charge in [0.1, 0.15) is 10.8 Å². The average Bonchev–Trinajstić information content (AvgIpc) is 3.19. The van der Waals surface area contributed by atoms with Crippen molar-refractivity contribution < 1.29 is 27.8 Å². The summed E-state index contributed by atoms with van der Waals surface area (Å²) in [4.78, 5) is 28.8. The van der Waals surface area contributed by atoms with Crippen molar-refractivity contribution in [2.24, 2.45) is 0 Å². The second kappa shape index (κ2) is 11.2. The van der Waals surface area contributed by atoms with Gasteiger partial charge in [0.05, 0.1) is 18.8 Å². The number of thiophene rings is 1. The first kappa shape index (κ1) is 24.6. The van der Waals surface area contributed by atoms with Crippen LogP contribution in [0, 0.1) is 6.92 Å². The Hall–Kier alpha value is -3.56. The van der Waals surface area contributed by atoms with Crippen LogP contribution in [0.25, 0.3) is 16.5 Å². The molecule has 0 saturated carbocycles. The Bertz CT molecular complexity index is 1220. The zero-order chi connectivity index (χ0) is 24.8. The molecule has 1 fully saturated rings. The number of benzene rings is 2. The van der Waals surface area contributed by atoms with Crippen molar-refractivity contribution in [3.05, 3.63) is 77.4 Å². The fourth-order valence-electron chi connectivity index (χ4n) is 3.79. The number of rotatable bonds is 7. The molecular formula is C26H24F2N2O4S. The van der Waals surface area contributed by atoms with Crippen LogP contribution in [0.1, 0.15) is 21.5 Å². The second-order valence-electron chi connectivity index (χ2n) is 7.77. The summed E-state index contributed by atoms with van der Waals surface area (Å²) >= 11 is 1.32. The SMILES string of the molecule is Cc1c(-c2ccccc2)sc(NC(=O)/C=C/c2ccccc2OC(F)F)c1C(=O)N1CCOCC1. The highest BCUT2D eigenvalue weighted by atomic mass is 32.1. The minimum absolute atomic E-state index is 0.0342. The Morgan fingerprint density at radius 3 is 2.49 bits per heavy atom. The third kappa shape index (κ3) is 5.93. The lowest BCUT2D eigenvalue weighted by Gasteiger charge is -2.27. The third-order valence-corrected chi connectivity index (χ3v) is 6.74. The summed E-state index contributed by atoms with van der Waals surface area (Å²) in [6.07, 6.45) is 2.63. The van der Waals surface area contributed by atoms with E-state index >= 15 is 0 Å². The van der Waals surface area contributed by atoms with Gasteiger partial charge in [-0.05, 0) is 30.2 Å². The number of carbonyl (C=O) groups is 2. The van der Waals surface area contributed by atoms with Crippen molar-refractivity contribution in [2.75, 3.05) is 31.6 Å². The number of amides is 2. The van der Waals surface area contributed by atoms with Gasteiger partial charge in [-0.25, -0.2) is 0 Å². The largest absolute Gasteiger partial charge is 0.434 e. The molecule has 0 spiro atoms. The van der Waals surface area contributed by atoms with E-state index in [2.05, 4.69) is 10.1 Å². The Morgan fingerprint density at radius 2 is 1.77 bits per heavy atom. The lowest BCUT2D eigenvalue weighted by Crippen LogP contribution is -2.41. The topological polar surface area (TPSA) is 67.9 Å². The fourth-order valence-corrected chi connectivity index (χ4v) is 5.00. The van der Waals surface area contributed by atoms with Crippen molar-refractivity contribution in [1.29, 1.82) is 0 Å². The molecule has 0 unspecified atom stereocenters. The first-order valence-electron chi connectivity index (χ1n) is 11.0. The molecule has 9 heteroatoms. The van der Waals surface area contributed by atoms with Gasteiger partial charge in [0.2, 0.25) is 5.91 Å². The summed E-state index contributed by atoms with van der Waals surface area (Å²) in [7, 11) is 0. The van der Waals surface area contributed by atoms with Gasteiger partial charge in [-0.1, -0.05) is 48.5 Å². The molecule has 2 heterocycles. The smallest absolute Gasteiger partial charge is 0.387 e. The molecule has 0 aliphatic carbocycles. The van der Waals surface area contributed by atoms with E-state index in [1.807, 2.05) is 37.3 Å². The third-order valence-electron chi connectivity index (χ3n) is 5.48. The number of para-hydroxylation sites is 1. The number of morpholine rings is 1. The highest BCUT2D eigenvalue weighted by Gasteiger charge is 2.27. The Morgan fingerprint density at radius 1 is 1.09 bits per heavy atom. The van der Waals surface area contributed by atoms with Crippen molar-refractivity contribution >= 4 is 34.2 Å². The number of nitrogens with zero attached hydrogens (tertiary/aromatic N) is 1. The molecule has 0 bridgehead atoms. The number of hydrogen-bond donors (Lipinski definition) is 1. The monoisotopic (exact) mass is 498 g/mol. The van der Waals surface area contributed by atoms with Gasteiger partial charge in [0.15, 0.2) is 0 Å². The van der Waals surface area contributed by atoms with Gasteiger partial charge < -0.3 is 19.7 Å². The first-order valence-corrected chi connectivity index (χ1v) is 11.8. The van der Waals surface area contributed by atoms with Crippen LogP contribution in [-0.4, -0.2) is 49.6 Å². The van der Waals surface area contributed by atoms with Crippen LogP contribution in [0.3, 0.4) is 0 Å². The maximum Gasteiger partial charge on any atom is 0.387 e. The molecule has 6 nitrogen and oxygen atoms in total. The molecule has 3 aromatic rings. The van der Waals surface area contributed by atoms with Gasteiger partial charge in [0, 0.05) is 29.6 Å². The fraction of sp³-hybridized carbons (Fsp3) is 0.231. The second-order valence-corrected chi connectivity index (χ2v) is 8.79. The normalized spacial score (nSPS) is 13.9. The van der Waals surface area contributed by atoms with Crippen LogP contribution in [0.5, 0.6) is 5.75 Å². The number of anilines is 1. The lowest BCUT2D eigenvalue weighted by atomic mass is 10.1. The van der Waals surface area contributed by atoms with E-state index in [0.29, 0.717) is 42.4 Å². The minimum Gasteiger partial charge on any atom is -0.434 e. The molecule has 0 atom stereocenters. The molecule has 35 heavy (non-hydrogen) atoms. The average molecular weight is 499 g/mol. The highest BCUT2D eigenvalue weighted by Crippen LogP contribution is 2.40. The molecule has 2 amide bonds. The standard InChI is InChI=1S/C26H24F2N2O4S/c1-17-22(25(32)30-13-15-33-16-14-30)24(35-23(17)19-8-3-2-4-9-19)29-21(31)12-11-18-7-5-6-10-20(18)34-26(27)28/h2-12,26H,13-16H2,1H3,(H,29,31)/b12-11+. The molecular weight excluding hydrogens is 474 g/mol. The zero-order valence-corrected chi connectivity index (χ0v) is 19.8. The van der Waals surface area contributed by atoms with E-state index in [4.69, 9.17) is 4.74 Å². The van der Waals surface area contributed by atoms with Gasteiger partial charge >= 0.3 is 6.61 Å². The first-order chi connectivity index (χ1) is 16.9. The van der Waals surface area contributed by atoms with Crippen LogP contribution in [-0.2, 0) is 9.53 Å². The van der Waals surface area contributed by atoms with E-state index in [1.54, 1.807) is 23.1 Å². The van der Waals surface area contributed by atoms with Crippen LogP contribution in [0.2, 0.25) is 0 Å². The molecule has 182 valence electrons. The van der Waals surface area contributed by atoms with Gasteiger partial charge in [-0.15, -0.1) is 11.3 Å². The molecule has 4 rings (SSSR count). The van der Waals surface area contributed by atoms with Crippen molar-refractivity contribution in [3.63, 3.8) is 0 Å². The van der Waals surface area contributed by atoms with Gasteiger partial charge in [-0.2, -0.15) is 8.78 Å². The number of alkyl halides is 2. The number of carbonyl (C=O) groups excluding carboxylic acids is 2. The highest BCUT2D eigenvalue weighted by molar-refractivity contribution is 7.20. The molecule has 1 aliphatic rings. The quantitative estimate of drug-likeness (QED) is 0.440. The maximum atomic E-state index is 13.4. The summed E-state index contributed by atoms with van der Waals surface area (Å²) in [5.74, 6) is -0.694. The van der Waals surface area contributed by atoms with Crippen LogP contribution in [0.15, 0.2) is 60.7 Å². The maximum absolute atomic E-state index is 13.4. The van der Waals surface area contributed by atoms with E-state index in [1.165, 1.54) is 29.6 Å². The predicted molar refractivity (Wildman–Crippen MR) is 132 cm³/mol. The molecule has 1 aliphatic heterocycles. The molecule has 2 aromatic carbocycles. The van der Waals surface area contributed by atoms with Crippen molar-refractivity contribution in [1.82, 2.24) is 4.90 Å². The molecule has 1 aromatic heterocycles. The van der Waals surface area contributed by atoms with E-state index in [-0.39, 0.29) is 11.7 Å². The summed E-state index contributed by atoms with van der Waals surface area (Å²) in [5, 5.41) is 3.25. The number of nitrogens with one attached hydrogen (secondary N) is 1. The zero-order valence-electron chi connectivity index (χ0n) is 19.0. The van der Waals surface area contributed by atoms with Gasteiger partial charge in [0.25, 0.3) is 5.91 Å². The Kier molecular flexibility index (Phi) is 7.89. The number of ether oxygens (including phenoxy) is 2. The van der Waals surface area contributed by atoms with Crippen LogP contribution in [0.4, 0.5) is 13.8 Å². The van der Waals surface area contributed by atoms with Crippen LogP contribution < -0.4 is 10.1 Å². The molecule has 1 saturated heterocycles. The summed E-state index contributed by atoms with van der Waals surface area (Å²) in [6.45, 7) is 0.774. The van der Waals surface area contributed by atoms with Gasteiger partial charge in [-0.3, -0.25) is 9.59 Å². The minimum atomic E-state index is -2.97. The van der Waals surface area contributed by atoms with E-state index in [9.17, 15) is 18.4 Å². The Labute approximate surface area is 205 Å². The van der Waals surface area contributed by atoms with Crippen LogP contribution >= 0.6 is 11.3 Å². The molecule has 0 radical (unpaired) electrons. The van der Waals surface area contributed by atoms with E-state index < -0.39 is 12.5 Å².